The third-order valence-electron chi connectivity index (χ3n) is 1.57. The molecular weight excluding hydrogens is 188 g/mol. The Morgan fingerprint density at radius 1 is 1.36 bits per heavy atom. The van der Waals surface area contributed by atoms with Crippen molar-refractivity contribution in [2.45, 2.75) is 26.3 Å². The summed E-state index contributed by atoms with van der Waals surface area (Å²) in [6.45, 7) is 2.92. The summed E-state index contributed by atoms with van der Waals surface area (Å²) in [7, 11) is 0. The summed E-state index contributed by atoms with van der Waals surface area (Å²) in [4.78, 5) is 33.2. The molecule has 0 fully saturated rings. The number of hydrogen-bond acceptors (Lipinski definition) is 3. The summed E-state index contributed by atoms with van der Waals surface area (Å²) < 4.78 is 0. The van der Waals surface area contributed by atoms with Gasteiger partial charge >= 0.3 is 5.97 Å². The molecule has 0 radical (unpaired) electrons. The van der Waals surface area contributed by atoms with Gasteiger partial charge in [-0.2, -0.15) is 0 Å². The molecule has 0 saturated carbocycles. The second-order valence-corrected chi connectivity index (χ2v) is 3.15. The fourth-order valence-electron chi connectivity index (χ4n) is 0.955. The number of amides is 2. The van der Waals surface area contributed by atoms with E-state index in [0.29, 0.717) is 0 Å². The highest BCUT2D eigenvalue weighted by Gasteiger charge is 2.20. The van der Waals surface area contributed by atoms with Gasteiger partial charge in [0.1, 0.15) is 13.0 Å². The quantitative estimate of drug-likeness (QED) is 0.569. The van der Waals surface area contributed by atoms with Crippen LogP contribution in [0.5, 0.6) is 0 Å². The summed E-state index contributed by atoms with van der Waals surface area (Å²) in [6, 6.07) is -0.266. The third-order valence-corrected chi connectivity index (χ3v) is 1.57. The van der Waals surface area contributed by atoms with Crippen molar-refractivity contribution in [3.63, 3.8) is 0 Å². The van der Waals surface area contributed by atoms with Gasteiger partial charge in [0.2, 0.25) is 11.8 Å². The highest BCUT2D eigenvalue weighted by atomic mass is 16.4. The van der Waals surface area contributed by atoms with Crippen LogP contribution in [0.2, 0.25) is 0 Å². The molecule has 0 aromatic heterocycles. The van der Waals surface area contributed by atoms with Gasteiger partial charge in [0.05, 0.1) is 0 Å². The minimum atomic E-state index is -1.11. The van der Waals surface area contributed by atoms with Crippen LogP contribution in [0.1, 0.15) is 20.3 Å². The first kappa shape index (κ1) is 12.4. The zero-order valence-corrected chi connectivity index (χ0v) is 8.19. The monoisotopic (exact) mass is 202 g/mol. The van der Waals surface area contributed by atoms with Crippen molar-refractivity contribution in [1.29, 1.82) is 0 Å². The van der Waals surface area contributed by atoms with E-state index >= 15 is 0 Å². The van der Waals surface area contributed by atoms with Crippen molar-refractivity contribution >= 4 is 17.8 Å². The number of carbonyl (C=O) groups is 3. The van der Waals surface area contributed by atoms with Crippen LogP contribution in [0, 0.1) is 0 Å². The van der Waals surface area contributed by atoms with E-state index in [1.807, 2.05) is 0 Å². The van der Waals surface area contributed by atoms with Crippen molar-refractivity contribution in [3.8, 4) is 0 Å². The maximum absolute atomic E-state index is 11.3. The zero-order valence-electron chi connectivity index (χ0n) is 8.19. The Hall–Kier alpha value is -1.59. The van der Waals surface area contributed by atoms with Gasteiger partial charge in [0, 0.05) is 6.04 Å². The number of carboxylic acid groups (broad SMARTS) is 1. The van der Waals surface area contributed by atoms with Crippen LogP contribution in [0.3, 0.4) is 0 Å². The molecule has 0 saturated heterocycles. The van der Waals surface area contributed by atoms with E-state index in [1.165, 1.54) is 0 Å². The normalized spacial score (nSPS) is 9.93. The number of aliphatic carboxylic acids is 1. The summed E-state index contributed by atoms with van der Waals surface area (Å²) in [5.74, 6) is -2.43. The number of primary amides is 1. The first-order chi connectivity index (χ1) is 6.34. The molecule has 0 aromatic rings. The lowest BCUT2D eigenvalue weighted by molar-refractivity contribution is -0.147. The van der Waals surface area contributed by atoms with Crippen LogP contribution in [0.4, 0.5) is 0 Å². The van der Waals surface area contributed by atoms with Crippen LogP contribution in [-0.4, -0.2) is 40.4 Å². The van der Waals surface area contributed by atoms with E-state index < -0.39 is 30.7 Å². The van der Waals surface area contributed by atoms with Crippen LogP contribution in [0.15, 0.2) is 0 Å². The van der Waals surface area contributed by atoms with Crippen molar-refractivity contribution in [2.75, 3.05) is 6.54 Å². The first-order valence-electron chi connectivity index (χ1n) is 4.14. The van der Waals surface area contributed by atoms with E-state index in [0.717, 1.165) is 4.90 Å². The third kappa shape index (κ3) is 4.44. The predicted molar refractivity (Wildman–Crippen MR) is 48.3 cm³/mol. The SMILES string of the molecule is CC(C)N(CC(=O)O)C(=O)CC(N)=O. The van der Waals surface area contributed by atoms with Gasteiger partial charge in [0.15, 0.2) is 0 Å². The van der Waals surface area contributed by atoms with E-state index in [1.54, 1.807) is 13.8 Å². The number of carbonyl (C=O) groups excluding carboxylic acids is 2. The molecule has 2 amide bonds. The van der Waals surface area contributed by atoms with Crippen molar-refractivity contribution < 1.29 is 19.5 Å². The van der Waals surface area contributed by atoms with Crippen molar-refractivity contribution in [2.24, 2.45) is 5.73 Å². The van der Waals surface area contributed by atoms with E-state index in [2.05, 4.69) is 0 Å². The van der Waals surface area contributed by atoms with E-state index in [-0.39, 0.29) is 6.04 Å². The zero-order chi connectivity index (χ0) is 11.3. The molecule has 0 aliphatic heterocycles. The Kier molecular flexibility index (Phi) is 4.62. The molecule has 6 heteroatoms. The number of rotatable bonds is 5. The van der Waals surface area contributed by atoms with Crippen LogP contribution in [0.25, 0.3) is 0 Å². The second kappa shape index (κ2) is 5.21. The molecule has 0 aliphatic rings. The molecule has 0 aliphatic carbocycles. The van der Waals surface area contributed by atoms with Crippen molar-refractivity contribution in [3.05, 3.63) is 0 Å². The lowest BCUT2D eigenvalue weighted by atomic mass is 10.2. The minimum absolute atomic E-state index is 0.266. The highest BCUT2D eigenvalue weighted by Crippen LogP contribution is 2.01. The van der Waals surface area contributed by atoms with Crippen LogP contribution in [-0.2, 0) is 14.4 Å². The predicted octanol–water partition coefficient (Wildman–Crippen LogP) is -0.817. The summed E-state index contributed by atoms with van der Waals surface area (Å²) in [5, 5.41) is 8.51. The standard InChI is InChI=1S/C8H14N2O4/c1-5(2)10(4-8(13)14)7(12)3-6(9)11/h5H,3-4H2,1-2H3,(H2,9,11)(H,13,14). The Morgan fingerprint density at radius 2 is 1.86 bits per heavy atom. The van der Waals surface area contributed by atoms with Gasteiger partial charge in [-0.1, -0.05) is 0 Å². The van der Waals surface area contributed by atoms with Gasteiger partial charge in [-0.15, -0.1) is 0 Å². The Balaban J connectivity index is 4.41. The number of nitrogens with two attached hydrogens (primary N) is 1. The molecular formula is C8H14N2O4. The fraction of sp³-hybridized carbons (Fsp3) is 0.625. The fourth-order valence-corrected chi connectivity index (χ4v) is 0.955. The lowest BCUT2D eigenvalue weighted by Gasteiger charge is -2.24. The maximum Gasteiger partial charge on any atom is 0.323 e. The van der Waals surface area contributed by atoms with Gasteiger partial charge in [0.25, 0.3) is 0 Å². The smallest absolute Gasteiger partial charge is 0.323 e. The molecule has 3 N–H and O–H groups in total. The molecule has 0 heterocycles. The first-order valence-corrected chi connectivity index (χ1v) is 4.14. The summed E-state index contributed by atoms with van der Waals surface area (Å²) in [6.07, 6.45) is -0.453. The molecule has 0 bridgehead atoms. The highest BCUT2D eigenvalue weighted by molar-refractivity contribution is 5.97. The maximum atomic E-state index is 11.3. The molecule has 6 nitrogen and oxygen atoms in total. The molecule has 0 spiro atoms. The topological polar surface area (TPSA) is 101 Å². The lowest BCUT2D eigenvalue weighted by Crippen LogP contribution is -2.42. The average Bonchev–Trinajstić information content (AvgIpc) is 1.97. The number of nitrogens with zero attached hydrogens (tertiary/aromatic N) is 1. The summed E-state index contributed by atoms with van der Waals surface area (Å²) in [5.41, 5.74) is 4.83. The Morgan fingerprint density at radius 3 is 2.14 bits per heavy atom. The Labute approximate surface area is 81.7 Å². The molecule has 0 atom stereocenters. The molecule has 0 unspecified atom stereocenters. The van der Waals surface area contributed by atoms with Gasteiger partial charge in [-0.3, -0.25) is 14.4 Å². The number of hydrogen-bond donors (Lipinski definition) is 2. The molecule has 80 valence electrons. The van der Waals surface area contributed by atoms with E-state index in [9.17, 15) is 14.4 Å². The van der Waals surface area contributed by atoms with Crippen LogP contribution < -0.4 is 5.73 Å². The molecule has 14 heavy (non-hydrogen) atoms. The second-order valence-electron chi connectivity index (χ2n) is 3.15. The minimum Gasteiger partial charge on any atom is -0.480 e. The Bertz CT molecular complexity index is 250. The molecule has 0 aromatic carbocycles. The van der Waals surface area contributed by atoms with Gasteiger partial charge in [-0.05, 0) is 13.8 Å². The van der Waals surface area contributed by atoms with Crippen LogP contribution >= 0.6 is 0 Å². The van der Waals surface area contributed by atoms with Crippen molar-refractivity contribution in [1.82, 2.24) is 4.90 Å². The largest absolute Gasteiger partial charge is 0.480 e. The molecule has 0 rings (SSSR count). The average molecular weight is 202 g/mol. The number of carboxylic acids is 1. The van der Waals surface area contributed by atoms with Gasteiger partial charge in [-0.25, -0.2) is 0 Å². The van der Waals surface area contributed by atoms with Gasteiger partial charge < -0.3 is 15.7 Å². The summed E-state index contributed by atoms with van der Waals surface area (Å²) >= 11 is 0. The van der Waals surface area contributed by atoms with E-state index in [4.69, 9.17) is 10.8 Å².